The first-order chi connectivity index (χ1) is 15.5. The fraction of sp³-hybridized carbons (Fsp3) is 0.292. The molecule has 1 atom stereocenters. The van der Waals surface area contributed by atoms with Crippen LogP contribution in [-0.4, -0.2) is 35.0 Å². The molecule has 1 N–H and O–H groups in total. The van der Waals surface area contributed by atoms with Crippen molar-refractivity contribution in [2.45, 2.75) is 24.3 Å². The number of hydrogen-bond donors (Lipinski definition) is 1. The van der Waals surface area contributed by atoms with E-state index >= 15 is 0 Å². The number of hydrogen-bond acceptors (Lipinski definition) is 5. The first kappa shape index (κ1) is 22.1. The maximum atomic E-state index is 13.6. The van der Waals surface area contributed by atoms with Gasteiger partial charge in [-0.05, 0) is 61.1 Å². The molecule has 1 aromatic heterocycles. The first-order valence-electron chi connectivity index (χ1n) is 10.6. The summed E-state index contributed by atoms with van der Waals surface area (Å²) < 4.78 is 14.8. The summed E-state index contributed by atoms with van der Waals surface area (Å²) in [6, 6.07) is 17.0. The lowest BCUT2D eigenvalue weighted by Crippen LogP contribution is -2.43. The second kappa shape index (κ2) is 9.99. The van der Waals surface area contributed by atoms with Crippen molar-refractivity contribution in [3.8, 4) is 5.69 Å². The molecule has 2 aromatic carbocycles. The van der Waals surface area contributed by atoms with Crippen LogP contribution in [0.4, 0.5) is 10.2 Å². The van der Waals surface area contributed by atoms with Crippen LogP contribution in [0.1, 0.15) is 18.4 Å². The van der Waals surface area contributed by atoms with E-state index in [1.807, 2.05) is 35.4 Å². The average Bonchev–Trinajstić information content (AvgIpc) is 2.83. The van der Waals surface area contributed by atoms with Crippen molar-refractivity contribution in [1.82, 2.24) is 15.1 Å². The Balaban J connectivity index is 1.43. The first-order valence-corrected chi connectivity index (χ1v) is 11.8. The van der Waals surface area contributed by atoms with E-state index in [4.69, 9.17) is 0 Å². The number of aromatic nitrogens is 2. The number of carbonyl (C=O) groups is 1. The number of piperidine rings is 1. The number of nitrogens with one attached hydrogen (secondary N) is 1. The maximum absolute atomic E-state index is 13.6. The van der Waals surface area contributed by atoms with Crippen LogP contribution in [-0.2, 0) is 11.3 Å². The molecule has 1 saturated heterocycles. The van der Waals surface area contributed by atoms with Crippen LogP contribution in [0.15, 0.2) is 70.4 Å². The van der Waals surface area contributed by atoms with E-state index in [1.54, 1.807) is 30.0 Å². The number of nitrogens with zero attached hydrogens (tertiary/aromatic N) is 3. The van der Waals surface area contributed by atoms with Gasteiger partial charge in [-0.1, -0.05) is 18.2 Å². The molecule has 32 heavy (non-hydrogen) atoms. The summed E-state index contributed by atoms with van der Waals surface area (Å²) >= 11 is 1.69. The van der Waals surface area contributed by atoms with Gasteiger partial charge in [0.15, 0.2) is 0 Å². The third-order valence-corrected chi connectivity index (χ3v) is 6.32. The van der Waals surface area contributed by atoms with Crippen molar-refractivity contribution in [2.24, 2.45) is 5.92 Å². The lowest BCUT2D eigenvalue weighted by Gasteiger charge is -2.33. The highest BCUT2D eigenvalue weighted by atomic mass is 32.2. The van der Waals surface area contributed by atoms with Gasteiger partial charge in [0.2, 0.25) is 5.91 Å². The molecule has 1 fully saturated rings. The molecule has 0 bridgehead atoms. The summed E-state index contributed by atoms with van der Waals surface area (Å²) in [6.45, 7) is 1.76. The van der Waals surface area contributed by atoms with E-state index in [2.05, 4.69) is 10.4 Å². The van der Waals surface area contributed by atoms with Gasteiger partial charge in [0.25, 0.3) is 5.56 Å². The lowest BCUT2D eigenvalue weighted by molar-refractivity contribution is -0.125. The zero-order valence-electron chi connectivity index (χ0n) is 17.8. The highest BCUT2D eigenvalue weighted by Gasteiger charge is 2.26. The second-order valence-electron chi connectivity index (χ2n) is 7.77. The molecule has 1 aliphatic heterocycles. The van der Waals surface area contributed by atoms with Crippen LogP contribution in [0, 0.1) is 11.7 Å². The quantitative estimate of drug-likeness (QED) is 0.579. The van der Waals surface area contributed by atoms with Crippen LogP contribution in [0.5, 0.6) is 0 Å². The fourth-order valence-corrected chi connectivity index (χ4v) is 4.25. The Labute approximate surface area is 190 Å². The van der Waals surface area contributed by atoms with Gasteiger partial charge in [0, 0.05) is 30.6 Å². The van der Waals surface area contributed by atoms with E-state index in [9.17, 15) is 14.0 Å². The van der Waals surface area contributed by atoms with E-state index in [0.717, 1.165) is 24.9 Å². The Morgan fingerprint density at radius 3 is 2.75 bits per heavy atom. The monoisotopic (exact) mass is 452 g/mol. The molecular formula is C24H25FN4O2S. The molecule has 0 radical (unpaired) electrons. The minimum atomic E-state index is -0.431. The number of anilines is 1. The molecule has 2 heterocycles. The summed E-state index contributed by atoms with van der Waals surface area (Å²) in [4.78, 5) is 28.3. The van der Waals surface area contributed by atoms with Gasteiger partial charge in [-0.3, -0.25) is 9.59 Å². The Morgan fingerprint density at radius 2 is 2.00 bits per heavy atom. The highest BCUT2D eigenvalue weighted by molar-refractivity contribution is 7.98. The fourth-order valence-electron chi connectivity index (χ4n) is 3.84. The van der Waals surface area contributed by atoms with Crippen LogP contribution in [0.2, 0.25) is 0 Å². The van der Waals surface area contributed by atoms with Crippen molar-refractivity contribution in [1.29, 1.82) is 0 Å². The smallest absolute Gasteiger partial charge is 0.271 e. The molecule has 4 rings (SSSR count). The molecule has 1 amide bonds. The predicted molar refractivity (Wildman–Crippen MR) is 125 cm³/mol. The lowest BCUT2D eigenvalue weighted by atomic mass is 9.97. The van der Waals surface area contributed by atoms with Gasteiger partial charge >= 0.3 is 0 Å². The molecule has 1 aliphatic rings. The number of rotatable bonds is 6. The molecule has 0 aliphatic carbocycles. The third-order valence-electron chi connectivity index (χ3n) is 5.58. The minimum Gasteiger partial charge on any atom is -0.354 e. The van der Waals surface area contributed by atoms with Crippen LogP contribution < -0.4 is 15.8 Å². The molecule has 3 aromatic rings. The van der Waals surface area contributed by atoms with E-state index < -0.39 is 5.82 Å². The third kappa shape index (κ3) is 5.19. The number of amides is 1. The minimum absolute atomic E-state index is 0.0158. The van der Waals surface area contributed by atoms with E-state index in [-0.39, 0.29) is 17.4 Å². The number of carbonyl (C=O) groups excluding carboxylic acids is 1. The zero-order valence-corrected chi connectivity index (χ0v) is 18.6. The number of benzene rings is 2. The summed E-state index contributed by atoms with van der Waals surface area (Å²) in [5.41, 5.74) is 1.10. The molecular weight excluding hydrogens is 427 g/mol. The van der Waals surface area contributed by atoms with Crippen molar-refractivity contribution in [3.63, 3.8) is 0 Å². The largest absolute Gasteiger partial charge is 0.354 e. The SMILES string of the molecule is CSc1ccc(CNC(=O)[C@@H]2CCCN(c3ccc(=O)n(-c4cccc(F)c4)n3)C2)cc1. The van der Waals surface area contributed by atoms with Crippen LogP contribution in [0.3, 0.4) is 0 Å². The van der Waals surface area contributed by atoms with E-state index in [0.29, 0.717) is 24.6 Å². The highest BCUT2D eigenvalue weighted by Crippen LogP contribution is 2.22. The Kier molecular flexibility index (Phi) is 6.90. The average molecular weight is 453 g/mol. The Morgan fingerprint density at radius 1 is 1.19 bits per heavy atom. The standard InChI is InChI=1S/C24H25FN4O2S/c1-32-21-9-7-17(8-10-21)15-26-24(31)18-4-3-13-28(16-18)22-11-12-23(30)29(27-22)20-6-2-5-19(25)14-20/h2,5-12,14,18H,3-4,13,15-16H2,1H3,(H,26,31)/t18-/m1/s1. The maximum Gasteiger partial charge on any atom is 0.271 e. The molecule has 166 valence electrons. The van der Waals surface area contributed by atoms with Crippen molar-refractivity contribution in [3.05, 3.63) is 82.4 Å². The van der Waals surface area contributed by atoms with Crippen LogP contribution in [0.25, 0.3) is 5.69 Å². The summed E-state index contributed by atoms with van der Waals surface area (Å²) in [5.74, 6) is 0.0195. The van der Waals surface area contributed by atoms with Gasteiger partial charge in [-0.25, -0.2) is 4.39 Å². The summed E-state index contributed by atoms with van der Waals surface area (Å²) in [6.07, 6.45) is 3.68. The normalized spacial score (nSPS) is 16.1. The number of halogens is 1. The van der Waals surface area contributed by atoms with Crippen molar-refractivity contribution in [2.75, 3.05) is 24.2 Å². The summed E-state index contributed by atoms with van der Waals surface area (Å²) in [7, 11) is 0. The van der Waals surface area contributed by atoms with Gasteiger partial charge < -0.3 is 10.2 Å². The van der Waals surface area contributed by atoms with Crippen molar-refractivity contribution < 1.29 is 9.18 Å². The van der Waals surface area contributed by atoms with Crippen molar-refractivity contribution >= 4 is 23.5 Å². The number of thioether (sulfide) groups is 1. The Bertz CT molecular complexity index is 1150. The van der Waals surface area contributed by atoms with Crippen LogP contribution >= 0.6 is 11.8 Å². The topological polar surface area (TPSA) is 67.2 Å². The van der Waals surface area contributed by atoms with Gasteiger partial charge in [0.1, 0.15) is 11.6 Å². The molecule has 6 nitrogen and oxygen atoms in total. The molecule has 0 saturated carbocycles. The molecule has 0 spiro atoms. The Hall–Kier alpha value is -3.13. The van der Waals surface area contributed by atoms with Gasteiger partial charge in [0.05, 0.1) is 11.6 Å². The van der Waals surface area contributed by atoms with Gasteiger partial charge in [-0.15, -0.1) is 16.9 Å². The second-order valence-corrected chi connectivity index (χ2v) is 8.65. The predicted octanol–water partition coefficient (Wildman–Crippen LogP) is 3.63. The summed E-state index contributed by atoms with van der Waals surface area (Å²) in [5, 5.41) is 7.48. The van der Waals surface area contributed by atoms with Gasteiger partial charge in [-0.2, -0.15) is 4.68 Å². The van der Waals surface area contributed by atoms with E-state index in [1.165, 1.54) is 27.8 Å². The molecule has 0 unspecified atom stereocenters. The zero-order chi connectivity index (χ0) is 22.5. The molecule has 8 heteroatoms.